The lowest BCUT2D eigenvalue weighted by molar-refractivity contribution is -0.115. The van der Waals surface area contributed by atoms with Crippen LogP contribution in [0, 0.1) is 0 Å². The van der Waals surface area contributed by atoms with Crippen LogP contribution in [-0.2, 0) is 11.4 Å². The van der Waals surface area contributed by atoms with Gasteiger partial charge >= 0.3 is 0 Å². The maximum absolute atomic E-state index is 12.4. The number of amidine groups is 1. The average molecular weight is 485 g/mol. The van der Waals surface area contributed by atoms with Crippen LogP contribution in [0.25, 0.3) is 6.08 Å². The topological polar surface area (TPSA) is 59.9 Å². The van der Waals surface area contributed by atoms with Gasteiger partial charge in [-0.3, -0.25) is 4.79 Å². The molecule has 1 fully saturated rings. The van der Waals surface area contributed by atoms with Crippen molar-refractivity contribution in [1.29, 1.82) is 0 Å². The number of nitrogens with zero attached hydrogens (tertiary/aromatic N) is 1. The first kappa shape index (κ1) is 22.3. The summed E-state index contributed by atoms with van der Waals surface area (Å²) in [6.07, 6.45) is 1.79. The number of methoxy groups -OCH3 is 1. The molecule has 5 nitrogen and oxygen atoms in total. The molecule has 0 spiro atoms. The van der Waals surface area contributed by atoms with E-state index in [1.807, 2.05) is 48.5 Å². The average Bonchev–Trinajstić information content (AvgIpc) is 3.12. The number of para-hydroxylation sites is 1. The molecule has 1 aliphatic heterocycles. The van der Waals surface area contributed by atoms with Crippen molar-refractivity contribution in [3.63, 3.8) is 0 Å². The molecule has 1 heterocycles. The number of ether oxygens (including phenoxy) is 2. The van der Waals surface area contributed by atoms with E-state index in [0.29, 0.717) is 31.6 Å². The highest BCUT2D eigenvalue weighted by molar-refractivity contribution is 8.18. The Morgan fingerprint density at radius 3 is 2.59 bits per heavy atom. The van der Waals surface area contributed by atoms with Crippen LogP contribution >= 0.6 is 35.0 Å². The molecule has 0 radical (unpaired) electrons. The number of benzene rings is 3. The van der Waals surface area contributed by atoms with Gasteiger partial charge in [0.2, 0.25) is 0 Å². The number of carbonyl (C=O) groups is 1. The van der Waals surface area contributed by atoms with Gasteiger partial charge in [-0.05, 0) is 59.8 Å². The van der Waals surface area contributed by atoms with Crippen molar-refractivity contribution in [2.75, 3.05) is 7.11 Å². The monoisotopic (exact) mass is 484 g/mol. The molecule has 0 bridgehead atoms. The van der Waals surface area contributed by atoms with Crippen LogP contribution in [0.4, 0.5) is 5.69 Å². The van der Waals surface area contributed by atoms with Crippen molar-refractivity contribution in [3.05, 3.63) is 92.8 Å². The number of halogens is 2. The third-order valence-corrected chi connectivity index (χ3v) is 6.02. The Morgan fingerprint density at radius 2 is 1.84 bits per heavy atom. The molecule has 162 valence electrons. The lowest BCUT2D eigenvalue weighted by Gasteiger charge is -2.12. The number of nitrogens with one attached hydrogen (secondary N) is 1. The number of hydrogen-bond acceptors (Lipinski definition) is 5. The van der Waals surface area contributed by atoms with Crippen LogP contribution < -0.4 is 14.8 Å². The molecule has 0 aliphatic carbocycles. The van der Waals surface area contributed by atoms with Crippen molar-refractivity contribution < 1.29 is 14.3 Å². The standard InChI is InChI=1S/C24H18Cl2N2O3S/c1-30-21-11-15(7-10-20(21)31-14-16-8-9-17(25)13-19(16)26)12-22-23(29)28-24(32-22)27-18-5-3-2-4-6-18/h2-13H,14H2,1H3,(H,27,28,29)/b22-12+. The highest BCUT2D eigenvalue weighted by atomic mass is 35.5. The molecule has 4 rings (SSSR count). The van der Waals surface area contributed by atoms with E-state index in [9.17, 15) is 4.79 Å². The zero-order valence-corrected chi connectivity index (χ0v) is 19.3. The Labute approximate surface area is 200 Å². The molecule has 0 unspecified atom stereocenters. The third-order valence-electron chi connectivity index (χ3n) is 4.52. The zero-order valence-electron chi connectivity index (χ0n) is 17.0. The smallest absolute Gasteiger partial charge is 0.264 e. The SMILES string of the molecule is COc1cc(/C=C2/SC(=Nc3ccccc3)NC2=O)ccc1OCc1ccc(Cl)cc1Cl. The van der Waals surface area contributed by atoms with Crippen LogP contribution in [0.15, 0.2) is 76.6 Å². The zero-order chi connectivity index (χ0) is 22.5. The highest BCUT2D eigenvalue weighted by Crippen LogP contribution is 2.33. The molecule has 8 heteroatoms. The van der Waals surface area contributed by atoms with E-state index in [1.54, 1.807) is 31.4 Å². The molecule has 0 aromatic heterocycles. The van der Waals surface area contributed by atoms with Crippen LogP contribution in [0.1, 0.15) is 11.1 Å². The van der Waals surface area contributed by atoms with Crippen molar-refractivity contribution in [3.8, 4) is 11.5 Å². The largest absolute Gasteiger partial charge is 0.493 e. The van der Waals surface area contributed by atoms with E-state index in [0.717, 1.165) is 16.8 Å². The third kappa shape index (κ3) is 5.46. The Hall–Kier alpha value is -2.93. The Balaban J connectivity index is 1.49. The van der Waals surface area contributed by atoms with Crippen LogP contribution in [0.2, 0.25) is 10.0 Å². The summed E-state index contributed by atoms with van der Waals surface area (Å²) in [5.41, 5.74) is 2.39. The number of amides is 1. The molecule has 3 aromatic carbocycles. The fraction of sp³-hybridized carbons (Fsp3) is 0.0833. The van der Waals surface area contributed by atoms with Crippen LogP contribution in [-0.4, -0.2) is 18.2 Å². The van der Waals surface area contributed by atoms with E-state index in [1.165, 1.54) is 11.8 Å². The molecule has 1 amide bonds. The Kier molecular flexibility index (Phi) is 7.05. The van der Waals surface area contributed by atoms with Gasteiger partial charge in [0.05, 0.1) is 17.7 Å². The number of carbonyl (C=O) groups excluding carboxylic acids is 1. The highest BCUT2D eigenvalue weighted by Gasteiger charge is 2.24. The van der Waals surface area contributed by atoms with Crippen LogP contribution in [0.5, 0.6) is 11.5 Å². The fourth-order valence-corrected chi connectivity index (χ4v) is 4.24. The predicted molar refractivity (Wildman–Crippen MR) is 131 cm³/mol. The summed E-state index contributed by atoms with van der Waals surface area (Å²) in [7, 11) is 1.57. The molecule has 1 saturated heterocycles. The van der Waals surface area contributed by atoms with Gasteiger partial charge in [-0.1, -0.05) is 53.5 Å². The summed E-state index contributed by atoms with van der Waals surface area (Å²) in [5, 5.41) is 4.44. The lowest BCUT2D eigenvalue weighted by Crippen LogP contribution is -2.19. The minimum Gasteiger partial charge on any atom is -0.493 e. The normalized spacial score (nSPS) is 15.8. The minimum absolute atomic E-state index is 0.193. The molecule has 0 atom stereocenters. The molecule has 1 N–H and O–H groups in total. The first-order chi connectivity index (χ1) is 15.5. The first-order valence-corrected chi connectivity index (χ1v) is 11.2. The molecular formula is C24H18Cl2N2O3S. The maximum Gasteiger partial charge on any atom is 0.264 e. The molecule has 0 saturated carbocycles. The number of aliphatic imine (C=N–C) groups is 1. The molecule has 32 heavy (non-hydrogen) atoms. The van der Waals surface area contributed by atoms with E-state index in [4.69, 9.17) is 32.7 Å². The molecular weight excluding hydrogens is 467 g/mol. The summed E-state index contributed by atoms with van der Waals surface area (Å²) in [5.74, 6) is 0.919. The van der Waals surface area contributed by atoms with Gasteiger partial charge in [-0.15, -0.1) is 0 Å². The summed E-state index contributed by atoms with van der Waals surface area (Å²) < 4.78 is 11.4. The maximum atomic E-state index is 12.4. The Bertz CT molecular complexity index is 1210. The van der Waals surface area contributed by atoms with Gasteiger partial charge in [0, 0.05) is 15.6 Å². The minimum atomic E-state index is -0.193. The van der Waals surface area contributed by atoms with Crippen molar-refractivity contribution in [2.24, 2.45) is 4.99 Å². The van der Waals surface area contributed by atoms with Gasteiger partial charge in [0.1, 0.15) is 6.61 Å². The number of hydrogen-bond donors (Lipinski definition) is 1. The Morgan fingerprint density at radius 1 is 1.03 bits per heavy atom. The van der Waals surface area contributed by atoms with Gasteiger partial charge < -0.3 is 14.8 Å². The lowest BCUT2D eigenvalue weighted by atomic mass is 10.2. The van der Waals surface area contributed by atoms with Gasteiger partial charge in [-0.2, -0.15) is 0 Å². The van der Waals surface area contributed by atoms with Crippen molar-refractivity contribution >= 4 is 57.8 Å². The second kappa shape index (κ2) is 10.1. The summed E-state index contributed by atoms with van der Waals surface area (Å²) in [6.45, 7) is 0.268. The predicted octanol–water partition coefficient (Wildman–Crippen LogP) is 6.47. The van der Waals surface area contributed by atoms with E-state index in [2.05, 4.69) is 10.3 Å². The number of thioether (sulfide) groups is 1. The van der Waals surface area contributed by atoms with Gasteiger partial charge in [0.15, 0.2) is 16.7 Å². The fourth-order valence-electron chi connectivity index (χ4n) is 2.94. The van der Waals surface area contributed by atoms with Crippen LogP contribution in [0.3, 0.4) is 0 Å². The van der Waals surface area contributed by atoms with Crippen molar-refractivity contribution in [2.45, 2.75) is 6.61 Å². The number of rotatable bonds is 6. The second-order valence-electron chi connectivity index (χ2n) is 6.75. The summed E-state index contributed by atoms with van der Waals surface area (Å²) in [6, 6.07) is 20.2. The van der Waals surface area contributed by atoms with E-state index in [-0.39, 0.29) is 12.5 Å². The first-order valence-electron chi connectivity index (χ1n) is 9.61. The van der Waals surface area contributed by atoms with Gasteiger partial charge in [0.25, 0.3) is 5.91 Å². The summed E-state index contributed by atoms with van der Waals surface area (Å²) >= 11 is 13.4. The van der Waals surface area contributed by atoms with E-state index >= 15 is 0 Å². The molecule has 3 aromatic rings. The van der Waals surface area contributed by atoms with E-state index < -0.39 is 0 Å². The van der Waals surface area contributed by atoms with Gasteiger partial charge in [-0.25, -0.2) is 4.99 Å². The quantitative estimate of drug-likeness (QED) is 0.407. The summed E-state index contributed by atoms with van der Waals surface area (Å²) in [4.78, 5) is 17.4. The van der Waals surface area contributed by atoms with Crippen molar-refractivity contribution in [1.82, 2.24) is 5.32 Å². The second-order valence-corrected chi connectivity index (χ2v) is 8.63. The molecule has 1 aliphatic rings.